The molecule has 1 saturated heterocycles. The number of amides is 1. The van der Waals surface area contributed by atoms with Gasteiger partial charge in [-0.05, 0) is 33.1 Å². The Bertz CT molecular complexity index is 288. The highest BCUT2D eigenvalue weighted by atomic mass is 16.5. The van der Waals surface area contributed by atoms with Crippen molar-refractivity contribution in [1.29, 1.82) is 0 Å². The third-order valence-corrected chi connectivity index (χ3v) is 2.93. The van der Waals surface area contributed by atoms with E-state index in [1.54, 1.807) is 0 Å². The summed E-state index contributed by atoms with van der Waals surface area (Å²) in [6, 6.07) is 0. The molecule has 0 radical (unpaired) electrons. The van der Waals surface area contributed by atoms with E-state index in [1.165, 1.54) is 0 Å². The van der Waals surface area contributed by atoms with Gasteiger partial charge in [0.05, 0.1) is 0 Å². The number of carbonyl (C=O) groups excluding carboxylic acids is 1. The fourth-order valence-corrected chi connectivity index (χ4v) is 1.51. The van der Waals surface area contributed by atoms with Gasteiger partial charge in [-0.2, -0.15) is 0 Å². The van der Waals surface area contributed by atoms with E-state index in [4.69, 9.17) is 9.84 Å². The van der Waals surface area contributed by atoms with Gasteiger partial charge in [-0.3, -0.25) is 4.79 Å². The number of carbonyl (C=O) groups is 2. The molecule has 1 aliphatic rings. The first-order valence-electron chi connectivity index (χ1n) is 5.56. The highest BCUT2D eigenvalue weighted by Gasteiger charge is 2.36. The van der Waals surface area contributed by atoms with Gasteiger partial charge in [0.15, 0.2) is 6.10 Å². The Labute approximate surface area is 95.2 Å². The van der Waals surface area contributed by atoms with E-state index in [0.29, 0.717) is 12.8 Å². The summed E-state index contributed by atoms with van der Waals surface area (Å²) in [5, 5.41) is 11.6. The van der Waals surface area contributed by atoms with Crippen LogP contribution in [0.3, 0.4) is 0 Å². The van der Waals surface area contributed by atoms with E-state index in [9.17, 15) is 9.59 Å². The van der Waals surface area contributed by atoms with Gasteiger partial charge in [-0.15, -0.1) is 0 Å². The highest BCUT2D eigenvalue weighted by molar-refractivity contribution is 5.83. The van der Waals surface area contributed by atoms with Crippen LogP contribution in [0.1, 0.15) is 40.0 Å². The van der Waals surface area contributed by atoms with Gasteiger partial charge in [-0.1, -0.05) is 6.92 Å². The number of ether oxygens (including phenoxy) is 1. The van der Waals surface area contributed by atoms with Crippen molar-refractivity contribution < 1.29 is 19.4 Å². The molecule has 2 atom stereocenters. The maximum absolute atomic E-state index is 11.8. The zero-order valence-corrected chi connectivity index (χ0v) is 9.95. The van der Waals surface area contributed by atoms with Crippen molar-refractivity contribution in [3.05, 3.63) is 0 Å². The van der Waals surface area contributed by atoms with Crippen LogP contribution >= 0.6 is 0 Å². The van der Waals surface area contributed by atoms with Gasteiger partial charge < -0.3 is 15.2 Å². The molecule has 0 aromatic carbocycles. The summed E-state index contributed by atoms with van der Waals surface area (Å²) in [6.45, 7) is 5.83. The molecule has 92 valence electrons. The van der Waals surface area contributed by atoms with Crippen molar-refractivity contribution in [2.75, 3.05) is 0 Å². The lowest BCUT2D eigenvalue weighted by molar-refractivity contribution is -0.152. The fraction of sp³-hybridized carbons (Fsp3) is 0.818. The largest absolute Gasteiger partial charge is 0.479 e. The van der Waals surface area contributed by atoms with E-state index in [2.05, 4.69) is 5.32 Å². The number of nitrogens with one attached hydrogen (secondary N) is 1. The SMILES string of the molecule is CCC(C)(C)NC(=O)C1CCC(C(=O)O)O1. The van der Waals surface area contributed by atoms with Gasteiger partial charge in [0, 0.05) is 5.54 Å². The molecular weight excluding hydrogens is 210 g/mol. The standard InChI is InChI=1S/C11H19NO4/c1-4-11(2,3)12-9(13)7-5-6-8(16-7)10(14)15/h7-8H,4-6H2,1-3H3,(H,12,13)(H,14,15). The van der Waals surface area contributed by atoms with Crippen LogP contribution < -0.4 is 5.32 Å². The minimum Gasteiger partial charge on any atom is -0.479 e. The lowest BCUT2D eigenvalue weighted by Crippen LogP contribution is -2.47. The van der Waals surface area contributed by atoms with Crippen molar-refractivity contribution in [3.8, 4) is 0 Å². The second-order valence-corrected chi connectivity index (χ2v) is 4.76. The van der Waals surface area contributed by atoms with Crippen LogP contribution in [-0.4, -0.2) is 34.7 Å². The van der Waals surface area contributed by atoms with Crippen LogP contribution in [-0.2, 0) is 14.3 Å². The van der Waals surface area contributed by atoms with E-state index in [1.807, 2.05) is 20.8 Å². The molecule has 0 aromatic rings. The molecular formula is C11H19NO4. The third kappa shape index (κ3) is 3.20. The number of rotatable bonds is 4. The summed E-state index contributed by atoms with van der Waals surface area (Å²) in [7, 11) is 0. The van der Waals surface area contributed by atoms with Gasteiger partial charge in [0.1, 0.15) is 6.10 Å². The van der Waals surface area contributed by atoms with E-state index < -0.39 is 18.2 Å². The Morgan fingerprint density at radius 1 is 1.38 bits per heavy atom. The summed E-state index contributed by atoms with van der Waals surface area (Å²) in [5.74, 6) is -1.21. The number of hydrogen-bond acceptors (Lipinski definition) is 3. The van der Waals surface area contributed by atoms with Gasteiger partial charge >= 0.3 is 5.97 Å². The summed E-state index contributed by atoms with van der Waals surface area (Å²) in [4.78, 5) is 22.4. The maximum atomic E-state index is 11.8. The van der Waals surface area contributed by atoms with Crippen LogP contribution in [0.15, 0.2) is 0 Å². The maximum Gasteiger partial charge on any atom is 0.332 e. The molecule has 0 bridgehead atoms. The monoisotopic (exact) mass is 229 g/mol. The smallest absolute Gasteiger partial charge is 0.332 e. The van der Waals surface area contributed by atoms with Crippen LogP contribution in [0.25, 0.3) is 0 Å². The molecule has 1 heterocycles. The van der Waals surface area contributed by atoms with Crippen molar-refractivity contribution >= 4 is 11.9 Å². The molecule has 1 rings (SSSR count). The highest BCUT2D eigenvalue weighted by Crippen LogP contribution is 2.21. The second-order valence-electron chi connectivity index (χ2n) is 4.76. The van der Waals surface area contributed by atoms with Crippen LogP contribution in [0.4, 0.5) is 0 Å². The molecule has 16 heavy (non-hydrogen) atoms. The lowest BCUT2D eigenvalue weighted by atomic mass is 10.0. The number of hydrogen-bond donors (Lipinski definition) is 2. The normalized spacial score (nSPS) is 25.4. The van der Waals surface area contributed by atoms with Crippen molar-refractivity contribution in [3.63, 3.8) is 0 Å². The Kier molecular flexibility index (Phi) is 3.91. The lowest BCUT2D eigenvalue weighted by Gasteiger charge is -2.26. The first-order chi connectivity index (χ1) is 7.35. The average Bonchev–Trinajstić information content (AvgIpc) is 2.66. The minimum atomic E-state index is -0.995. The number of carboxylic acid groups (broad SMARTS) is 1. The zero-order chi connectivity index (χ0) is 12.3. The molecule has 5 nitrogen and oxygen atoms in total. The minimum absolute atomic E-state index is 0.212. The van der Waals surface area contributed by atoms with E-state index in [-0.39, 0.29) is 11.4 Å². The predicted octanol–water partition coefficient (Wildman–Crippen LogP) is 0.923. The first-order valence-corrected chi connectivity index (χ1v) is 5.56. The molecule has 0 saturated carbocycles. The van der Waals surface area contributed by atoms with Crippen molar-refractivity contribution in [1.82, 2.24) is 5.32 Å². The summed E-state index contributed by atoms with van der Waals surface area (Å²) in [6.07, 6.45) is 0.239. The van der Waals surface area contributed by atoms with E-state index in [0.717, 1.165) is 6.42 Å². The fourth-order valence-electron chi connectivity index (χ4n) is 1.51. The van der Waals surface area contributed by atoms with Crippen LogP contribution in [0, 0.1) is 0 Å². The summed E-state index contributed by atoms with van der Waals surface area (Å²) < 4.78 is 5.16. The molecule has 5 heteroatoms. The van der Waals surface area contributed by atoms with Crippen molar-refractivity contribution in [2.24, 2.45) is 0 Å². The molecule has 1 aliphatic heterocycles. The average molecular weight is 229 g/mol. The van der Waals surface area contributed by atoms with Gasteiger partial charge in [0.2, 0.25) is 5.91 Å². The van der Waals surface area contributed by atoms with Crippen LogP contribution in [0.2, 0.25) is 0 Å². The molecule has 0 aromatic heterocycles. The summed E-state index contributed by atoms with van der Waals surface area (Å²) >= 11 is 0. The summed E-state index contributed by atoms with van der Waals surface area (Å²) in [5.41, 5.74) is -0.276. The zero-order valence-electron chi connectivity index (χ0n) is 9.95. The van der Waals surface area contributed by atoms with E-state index >= 15 is 0 Å². The molecule has 2 unspecified atom stereocenters. The second kappa shape index (κ2) is 4.82. The quantitative estimate of drug-likeness (QED) is 0.751. The third-order valence-electron chi connectivity index (χ3n) is 2.93. The first kappa shape index (κ1) is 13.0. The number of carboxylic acids is 1. The van der Waals surface area contributed by atoms with Crippen molar-refractivity contribution in [2.45, 2.75) is 57.8 Å². The Morgan fingerprint density at radius 3 is 2.38 bits per heavy atom. The predicted molar refractivity (Wildman–Crippen MR) is 58.0 cm³/mol. The molecule has 0 aliphatic carbocycles. The van der Waals surface area contributed by atoms with Gasteiger partial charge in [0.25, 0.3) is 0 Å². The molecule has 2 N–H and O–H groups in total. The Hall–Kier alpha value is -1.10. The van der Waals surface area contributed by atoms with Gasteiger partial charge in [-0.25, -0.2) is 4.79 Å². The van der Waals surface area contributed by atoms with Crippen LogP contribution in [0.5, 0.6) is 0 Å². The molecule has 1 fully saturated rings. The molecule has 1 amide bonds. The molecule has 0 spiro atoms. The Morgan fingerprint density at radius 2 is 1.94 bits per heavy atom. The Balaban J connectivity index is 2.48. The topological polar surface area (TPSA) is 75.6 Å². The number of aliphatic carboxylic acids is 1.